The molecule has 4 heteroatoms. The van der Waals surface area contributed by atoms with Gasteiger partial charge in [0.15, 0.2) is 0 Å². The van der Waals surface area contributed by atoms with Crippen molar-refractivity contribution in [3.8, 4) is 0 Å². The normalized spacial score (nSPS) is 10.6. The maximum Gasteiger partial charge on any atom is 0.0822 e. The van der Waals surface area contributed by atoms with Crippen LogP contribution in [0.4, 0.5) is 5.69 Å². The highest BCUT2D eigenvalue weighted by atomic mass is 16.5. The Hall–Kier alpha value is -1.03. The fourth-order valence-electron chi connectivity index (χ4n) is 1.05. The molecule has 13 heavy (non-hydrogen) atoms. The largest absolute Gasteiger partial charge is 0.396 e. The van der Waals surface area contributed by atoms with Crippen LogP contribution >= 0.6 is 0 Å². The summed E-state index contributed by atoms with van der Waals surface area (Å²) in [5, 5.41) is 4.22. The van der Waals surface area contributed by atoms with Crippen molar-refractivity contribution in [2.75, 3.05) is 18.9 Å². The van der Waals surface area contributed by atoms with Gasteiger partial charge in [-0.3, -0.25) is 4.68 Å². The molecular formula is C9H17N3O. The summed E-state index contributed by atoms with van der Waals surface area (Å²) in [4.78, 5) is 0. The molecule has 0 spiro atoms. The zero-order valence-corrected chi connectivity index (χ0v) is 8.29. The summed E-state index contributed by atoms with van der Waals surface area (Å²) in [5.74, 6) is 0. The standard InChI is InChI=1S/C9H17N3O/c1-3-5-13-6-4-12-7-9(10)8(2)11-12/h7H,3-6,10H2,1-2H3. The lowest BCUT2D eigenvalue weighted by Gasteiger charge is -2.01. The number of hydrogen-bond donors (Lipinski definition) is 1. The summed E-state index contributed by atoms with van der Waals surface area (Å²) >= 11 is 0. The minimum atomic E-state index is 0.703. The van der Waals surface area contributed by atoms with Gasteiger partial charge >= 0.3 is 0 Å². The first-order chi connectivity index (χ1) is 6.24. The first kappa shape index (κ1) is 10.1. The lowest BCUT2D eigenvalue weighted by Crippen LogP contribution is -2.06. The predicted octanol–water partition coefficient (Wildman–Crippen LogP) is 1.20. The average Bonchev–Trinajstić information content (AvgIpc) is 2.41. The van der Waals surface area contributed by atoms with Gasteiger partial charge in [0.05, 0.1) is 24.5 Å². The summed E-state index contributed by atoms with van der Waals surface area (Å²) in [6.07, 6.45) is 2.89. The lowest BCUT2D eigenvalue weighted by atomic mass is 10.4. The van der Waals surface area contributed by atoms with E-state index in [1.54, 1.807) is 0 Å². The number of nitrogens with two attached hydrogens (primary N) is 1. The van der Waals surface area contributed by atoms with Gasteiger partial charge in [-0.25, -0.2) is 0 Å². The minimum absolute atomic E-state index is 0.703. The predicted molar refractivity (Wildman–Crippen MR) is 52.5 cm³/mol. The maximum absolute atomic E-state index is 5.65. The van der Waals surface area contributed by atoms with Crippen LogP contribution in [0, 0.1) is 6.92 Å². The Labute approximate surface area is 78.7 Å². The lowest BCUT2D eigenvalue weighted by molar-refractivity contribution is 0.124. The molecule has 0 aromatic carbocycles. The zero-order valence-electron chi connectivity index (χ0n) is 8.29. The van der Waals surface area contributed by atoms with Crippen LogP contribution < -0.4 is 5.73 Å². The fourth-order valence-corrected chi connectivity index (χ4v) is 1.05. The van der Waals surface area contributed by atoms with E-state index in [-0.39, 0.29) is 0 Å². The van der Waals surface area contributed by atoms with Crippen molar-refractivity contribution in [2.45, 2.75) is 26.8 Å². The second kappa shape index (κ2) is 4.87. The van der Waals surface area contributed by atoms with Crippen LogP contribution in [0.3, 0.4) is 0 Å². The van der Waals surface area contributed by atoms with E-state index in [0.29, 0.717) is 6.61 Å². The van der Waals surface area contributed by atoms with Crippen LogP contribution in [0.2, 0.25) is 0 Å². The van der Waals surface area contributed by atoms with Crippen molar-refractivity contribution in [2.24, 2.45) is 0 Å². The van der Waals surface area contributed by atoms with Crippen LogP contribution in [-0.4, -0.2) is 23.0 Å². The van der Waals surface area contributed by atoms with Crippen LogP contribution in [0.25, 0.3) is 0 Å². The number of nitrogens with zero attached hydrogens (tertiary/aromatic N) is 2. The van der Waals surface area contributed by atoms with E-state index in [2.05, 4.69) is 12.0 Å². The van der Waals surface area contributed by atoms with Crippen molar-refractivity contribution >= 4 is 5.69 Å². The summed E-state index contributed by atoms with van der Waals surface area (Å²) in [7, 11) is 0. The molecule has 4 nitrogen and oxygen atoms in total. The summed E-state index contributed by atoms with van der Waals surface area (Å²) < 4.78 is 7.15. The Bertz CT molecular complexity index is 238. The average molecular weight is 183 g/mol. The second-order valence-electron chi connectivity index (χ2n) is 3.05. The Balaban J connectivity index is 2.29. The van der Waals surface area contributed by atoms with Gasteiger partial charge in [-0.1, -0.05) is 6.92 Å². The van der Waals surface area contributed by atoms with Gasteiger partial charge in [0, 0.05) is 12.8 Å². The first-order valence-electron chi connectivity index (χ1n) is 4.61. The van der Waals surface area contributed by atoms with Crippen molar-refractivity contribution in [1.82, 2.24) is 9.78 Å². The van der Waals surface area contributed by atoms with Crippen molar-refractivity contribution < 1.29 is 4.74 Å². The van der Waals surface area contributed by atoms with E-state index in [1.165, 1.54) is 0 Å². The van der Waals surface area contributed by atoms with Crippen LogP contribution in [0.5, 0.6) is 0 Å². The van der Waals surface area contributed by atoms with E-state index in [1.807, 2.05) is 17.8 Å². The fraction of sp³-hybridized carbons (Fsp3) is 0.667. The highest BCUT2D eigenvalue weighted by Crippen LogP contribution is 2.05. The van der Waals surface area contributed by atoms with Gasteiger partial charge in [0.2, 0.25) is 0 Å². The van der Waals surface area contributed by atoms with E-state index < -0.39 is 0 Å². The highest BCUT2D eigenvalue weighted by Gasteiger charge is 1.99. The van der Waals surface area contributed by atoms with E-state index in [0.717, 1.165) is 31.0 Å². The number of ether oxygens (including phenoxy) is 1. The summed E-state index contributed by atoms with van der Waals surface area (Å²) in [6, 6.07) is 0. The van der Waals surface area contributed by atoms with Crippen LogP contribution in [-0.2, 0) is 11.3 Å². The zero-order chi connectivity index (χ0) is 9.68. The monoisotopic (exact) mass is 183 g/mol. The minimum Gasteiger partial charge on any atom is -0.396 e. The molecule has 74 valence electrons. The van der Waals surface area contributed by atoms with E-state index >= 15 is 0 Å². The van der Waals surface area contributed by atoms with Gasteiger partial charge in [-0.15, -0.1) is 0 Å². The Morgan fingerprint density at radius 1 is 1.54 bits per heavy atom. The van der Waals surface area contributed by atoms with Gasteiger partial charge in [-0.2, -0.15) is 5.10 Å². The van der Waals surface area contributed by atoms with Crippen molar-refractivity contribution in [3.05, 3.63) is 11.9 Å². The number of rotatable bonds is 5. The molecule has 1 aromatic rings. The van der Waals surface area contributed by atoms with Gasteiger partial charge in [-0.05, 0) is 13.3 Å². The molecule has 0 aliphatic rings. The molecule has 0 saturated carbocycles. The molecular weight excluding hydrogens is 166 g/mol. The summed E-state index contributed by atoms with van der Waals surface area (Å²) in [5.41, 5.74) is 7.28. The number of nitrogen functional groups attached to an aromatic ring is 1. The third kappa shape index (κ3) is 3.06. The molecule has 0 atom stereocenters. The number of anilines is 1. The Morgan fingerprint density at radius 2 is 2.31 bits per heavy atom. The molecule has 0 aliphatic carbocycles. The summed E-state index contributed by atoms with van der Waals surface area (Å²) in [6.45, 7) is 6.29. The maximum atomic E-state index is 5.65. The second-order valence-corrected chi connectivity index (χ2v) is 3.05. The van der Waals surface area contributed by atoms with Crippen LogP contribution in [0.15, 0.2) is 6.20 Å². The number of hydrogen-bond acceptors (Lipinski definition) is 3. The molecule has 0 unspecified atom stereocenters. The molecule has 0 saturated heterocycles. The Kier molecular flexibility index (Phi) is 3.76. The van der Waals surface area contributed by atoms with Gasteiger partial charge in [0.1, 0.15) is 0 Å². The molecule has 0 aliphatic heterocycles. The molecule has 0 radical (unpaired) electrons. The van der Waals surface area contributed by atoms with Crippen molar-refractivity contribution in [1.29, 1.82) is 0 Å². The molecule has 0 amide bonds. The third-order valence-electron chi connectivity index (χ3n) is 1.80. The third-order valence-corrected chi connectivity index (χ3v) is 1.80. The smallest absolute Gasteiger partial charge is 0.0822 e. The molecule has 1 aromatic heterocycles. The quantitative estimate of drug-likeness (QED) is 0.698. The Morgan fingerprint density at radius 3 is 2.85 bits per heavy atom. The van der Waals surface area contributed by atoms with Crippen LogP contribution in [0.1, 0.15) is 19.0 Å². The first-order valence-corrected chi connectivity index (χ1v) is 4.61. The number of aromatic nitrogens is 2. The van der Waals surface area contributed by atoms with Gasteiger partial charge < -0.3 is 10.5 Å². The molecule has 1 rings (SSSR count). The SMILES string of the molecule is CCCOCCn1cc(N)c(C)n1. The van der Waals surface area contributed by atoms with E-state index in [4.69, 9.17) is 10.5 Å². The van der Waals surface area contributed by atoms with Gasteiger partial charge in [0.25, 0.3) is 0 Å². The van der Waals surface area contributed by atoms with E-state index in [9.17, 15) is 0 Å². The van der Waals surface area contributed by atoms with Crippen molar-refractivity contribution in [3.63, 3.8) is 0 Å². The molecule has 0 bridgehead atoms. The molecule has 0 fully saturated rings. The molecule has 1 heterocycles. The topological polar surface area (TPSA) is 53.1 Å². The number of aryl methyl sites for hydroxylation is 1. The highest BCUT2D eigenvalue weighted by molar-refractivity contribution is 5.39. The molecule has 2 N–H and O–H groups in total.